The Morgan fingerprint density at radius 3 is 2.83 bits per heavy atom. The van der Waals surface area contributed by atoms with Gasteiger partial charge in [0.2, 0.25) is 0 Å². The summed E-state index contributed by atoms with van der Waals surface area (Å²) >= 11 is 0. The van der Waals surface area contributed by atoms with Crippen molar-refractivity contribution in [1.82, 2.24) is 20.2 Å². The Hall–Kier alpha value is -1.78. The van der Waals surface area contributed by atoms with E-state index in [-0.39, 0.29) is 6.04 Å². The summed E-state index contributed by atoms with van der Waals surface area (Å²) in [7, 11) is 0. The summed E-state index contributed by atoms with van der Waals surface area (Å²) in [4.78, 5) is 11.1. The molecule has 3 atom stereocenters. The van der Waals surface area contributed by atoms with Crippen LogP contribution in [0.2, 0.25) is 0 Å². The number of likely N-dealkylation sites (tertiary alicyclic amines) is 1. The number of aromatic nitrogens is 2. The van der Waals surface area contributed by atoms with Gasteiger partial charge in [0, 0.05) is 43.8 Å². The van der Waals surface area contributed by atoms with Crippen LogP contribution in [-0.4, -0.2) is 34.0 Å². The molecule has 0 unspecified atom stereocenters. The Morgan fingerprint density at radius 1 is 1.26 bits per heavy atom. The zero-order valence-corrected chi connectivity index (χ0v) is 14.0. The monoisotopic (exact) mass is 310 g/mol. The van der Waals surface area contributed by atoms with Gasteiger partial charge in [-0.15, -0.1) is 0 Å². The minimum absolute atomic E-state index is 0.252. The lowest BCUT2D eigenvalue weighted by Gasteiger charge is -2.21. The normalized spacial score (nSPS) is 23.0. The van der Waals surface area contributed by atoms with Gasteiger partial charge in [-0.05, 0) is 38.3 Å². The van der Waals surface area contributed by atoms with Gasteiger partial charge in [0.05, 0.1) is 5.69 Å². The maximum Gasteiger partial charge on any atom is 0.0753 e. The van der Waals surface area contributed by atoms with Gasteiger partial charge >= 0.3 is 0 Å². The second-order valence-electron chi connectivity index (χ2n) is 6.63. The Labute approximate surface area is 139 Å². The summed E-state index contributed by atoms with van der Waals surface area (Å²) < 4.78 is 0. The first-order chi connectivity index (χ1) is 11.2. The van der Waals surface area contributed by atoms with Crippen molar-refractivity contribution in [3.05, 3.63) is 60.2 Å². The van der Waals surface area contributed by atoms with E-state index in [2.05, 4.69) is 64.4 Å². The summed E-state index contributed by atoms with van der Waals surface area (Å²) in [5, 5.41) is 3.62. The van der Waals surface area contributed by atoms with Gasteiger partial charge in [-0.3, -0.25) is 14.9 Å². The summed E-state index contributed by atoms with van der Waals surface area (Å²) in [6.07, 6.45) is 6.58. The SMILES string of the molecule is C[C@H](NC[C@@H]1C[C@@H](C)N(Cc2ccccc2)C1)c1cnccn1. The third-order valence-electron chi connectivity index (χ3n) is 4.76. The Bertz CT molecular complexity index is 587. The molecule has 0 saturated carbocycles. The highest BCUT2D eigenvalue weighted by Gasteiger charge is 2.28. The molecule has 1 aromatic carbocycles. The molecule has 0 aliphatic carbocycles. The average Bonchev–Trinajstić information content (AvgIpc) is 2.94. The van der Waals surface area contributed by atoms with Crippen LogP contribution in [0.1, 0.15) is 37.6 Å². The molecular formula is C19H26N4. The summed E-state index contributed by atoms with van der Waals surface area (Å²) in [6, 6.07) is 11.7. The van der Waals surface area contributed by atoms with Crippen LogP contribution in [0.15, 0.2) is 48.9 Å². The van der Waals surface area contributed by atoms with Gasteiger partial charge in [0.15, 0.2) is 0 Å². The molecule has 4 heteroatoms. The molecule has 4 nitrogen and oxygen atoms in total. The molecule has 2 heterocycles. The largest absolute Gasteiger partial charge is 0.308 e. The molecule has 1 fully saturated rings. The average molecular weight is 310 g/mol. The zero-order valence-electron chi connectivity index (χ0n) is 14.0. The van der Waals surface area contributed by atoms with Crippen LogP contribution in [-0.2, 0) is 6.54 Å². The predicted octanol–water partition coefficient (Wildman–Crippen LogP) is 3.04. The standard InChI is InChI=1S/C19H26N4/c1-15-10-18(11-22-16(2)19-12-20-8-9-21-19)14-23(15)13-17-6-4-3-5-7-17/h3-9,12,15-16,18,22H,10-11,13-14H2,1-2H3/t15-,16+,18+/m1/s1. The number of nitrogens with zero attached hydrogens (tertiary/aromatic N) is 3. The molecule has 0 radical (unpaired) electrons. The Morgan fingerprint density at radius 2 is 2.09 bits per heavy atom. The van der Waals surface area contributed by atoms with Gasteiger partial charge in [0.1, 0.15) is 0 Å². The maximum absolute atomic E-state index is 4.37. The van der Waals surface area contributed by atoms with Crippen molar-refractivity contribution in [3.63, 3.8) is 0 Å². The van der Waals surface area contributed by atoms with Crippen LogP contribution in [0.25, 0.3) is 0 Å². The van der Waals surface area contributed by atoms with Crippen LogP contribution >= 0.6 is 0 Å². The van der Waals surface area contributed by atoms with E-state index in [9.17, 15) is 0 Å². The minimum Gasteiger partial charge on any atom is -0.308 e. The van der Waals surface area contributed by atoms with Crippen molar-refractivity contribution in [2.45, 2.75) is 38.9 Å². The highest BCUT2D eigenvalue weighted by molar-refractivity contribution is 5.15. The quantitative estimate of drug-likeness (QED) is 0.890. The van der Waals surface area contributed by atoms with Crippen LogP contribution in [0.5, 0.6) is 0 Å². The van der Waals surface area contributed by atoms with E-state index in [4.69, 9.17) is 0 Å². The third-order valence-corrected chi connectivity index (χ3v) is 4.76. The summed E-state index contributed by atoms with van der Waals surface area (Å²) in [5.41, 5.74) is 2.42. The zero-order chi connectivity index (χ0) is 16.1. The predicted molar refractivity (Wildman–Crippen MR) is 92.9 cm³/mol. The molecule has 1 N–H and O–H groups in total. The molecule has 0 amide bonds. The van der Waals surface area contributed by atoms with E-state index in [1.807, 2.05) is 6.20 Å². The second-order valence-corrected chi connectivity index (χ2v) is 6.63. The summed E-state index contributed by atoms with van der Waals surface area (Å²) in [5.74, 6) is 0.702. The molecule has 2 aromatic rings. The van der Waals surface area contributed by atoms with E-state index in [0.29, 0.717) is 12.0 Å². The van der Waals surface area contributed by atoms with Gasteiger partial charge in [-0.2, -0.15) is 0 Å². The lowest BCUT2D eigenvalue weighted by Crippen LogP contribution is -2.29. The number of hydrogen-bond acceptors (Lipinski definition) is 4. The first kappa shape index (κ1) is 16.1. The molecule has 23 heavy (non-hydrogen) atoms. The maximum atomic E-state index is 4.37. The summed E-state index contributed by atoms with van der Waals surface area (Å²) in [6.45, 7) is 7.75. The fraction of sp³-hybridized carbons (Fsp3) is 0.474. The van der Waals surface area contributed by atoms with Crippen LogP contribution in [0, 0.1) is 5.92 Å². The van der Waals surface area contributed by atoms with Crippen molar-refractivity contribution in [1.29, 1.82) is 0 Å². The van der Waals surface area contributed by atoms with Gasteiger partial charge in [0.25, 0.3) is 0 Å². The van der Waals surface area contributed by atoms with E-state index in [0.717, 1.165) is 25.3 Å². The number of benzene rings is 1. The fourth-order valence-electron chi connectivity index (χ4n) is 3.39. The molecule has 1 aliphatic rings. The highest BCUT2D eigenvalue weighted by atomic mass is 15.2. The van der Waals surface area contributed by atoms with E-state index < -0.39 is 0 Å². The molecule has 122 valence electrons. The van der Waals surface area contributed by atoms with Gasteiger partial charge < -0.3 is 5.32 Å². The fourth-order valence-corrected chi connectivity index (χ4v) is 3.39. The minimum atomic E-state index is 0.252. The molecule has 1 aromatic heterocycles. The molecular weight excluding hydrogens is 284 g/mol. The van der Waals surface area contributed by atoms with E-state index in [1.54, 1.807) is 12.4 Å². The lowest BCUT2D eigenvalue weighted by molar-refractivity contribution is 0.254. The Balaban J connectivity index is 1.49. The van der Waals surface area contributed by atoms with Crippen molar-refractivity contribution >= 4 is 0 Å². The number of rotatable bonds is 6. The van der Waals surface area contributed by atoms with E-state index >= 15 is 0 Å². The first-order valence-corrected chi connectivity index (χ1v) is 8.49. The molecule has 1 aliphatic heterocycles. The van der Waals surface area contributed by atoms with Crippen LogP contribution in [0.4, 0.5) is 0 Å². The van der Waals surface area contributed by atoms with Gasteiger partial charge in [-0.25, -0.2) is 0 Å². The van der Waals surface area contributed by atoms with Crippen molar-refractivity contribution in [2.24, 2.45) is 5.92 Å². The first-order valence-electron chi connectivity index (χ1n) is 8.49. The topological polar surface area (TPSA) is 41.0 Å². The number of nitrogens with one attached hydrogen (secondary N) is 1. The molecule has 0 spiro atoms. The third kappa shape index (κ3) is 4.36. The smallest absolute Gasteiger partial charge is 0.0753 e. The molecule has 3 rings (SSSR count). The van der Waals surface area contributed by atoms with Gasteiger partial charge in [-0.1, -0.05) is 30.3 Å². The lowest BCUT2D eigenvalue weighted by atomic mass is 10.1. The Kier molecular flexibility index (Phi) is 5.36. The van der Waals surface area contributed by atoms with Crippen molar-refractivity contribution in [3.8, 4) is 0 Å². The van der Waals surface area contributed by atoms with Crippen molar-refractivity contribution in [2.75, 3.05) is 13.1 Å². The molecule has 1 saturated heterocycles. The van der Waals surface area contributed by atoms with Crippen LogP contribution in [0.3, 0.4) is 0 Å². The highest BCUT2D eigenvalue weighted by Crippen LogP contribution is 2.25. The second kappa shape index (κ2) is 7.66. The number of hydrogen-bond donors (Lipinski definition) is 1. The van der Waals surface area contributed by atoms with E-state index in [1.165, 1.54) is 12.0 Å². The van der Waals surface area contributed by atoms with Crippen molar-refractivity contribution < 1.29 is 0 Å². The van der Waals surface area contributed by atoms with Crippen LogP contribution < -0.4 is 5.32 Å². The molecule has 0 bridgehead atoms.